The highest BCUT2D eigenvalue weighted by Gasteiger charge is 2.11. The Morgan fingerprint density at radius 3 is 2.66 bits per heavy atom. The van der Waals surface area contributed by atoms with Crippen molar-refractivity contribution in [2.45, 2.75) is 32.2 Å². The quantitative estimate of drug-likeness (QED) is 0.487. The van der Waals surface area contributed by atoms with Crippen LogP contribution in [0.5, 0.6) is 0 Å². The first-order valence-electron chi connectivity index (χ1n) is 9.75. The molecule has 1 N–H and O–H groups in total. The number of aromatic nitrogens is 5. The molecule has 0 radical (unpaired) electrons. The van der Waals surface area contributed by atoms with Crippen molar-refractivity contribution in [2.24, 2.45) is 7.05 Å². The van der Waals surface area contributed by atoms with Crippen LogP contribution in [-0.2, 0) is 19.9 Å². The van der Waals surface area contributed by atoms with Crippen molar-refractivity contribution in [3.05, 3.63) is 78.0 Å². The zero-order valence-electron chi connectivity index (χ0n) is 16.6. The molecular formula is C22H24N6O. The van der Waals surface area contributed by atoms with E-state index in [1.54, 1.807) is 10.9 Å². The largest absolute Gasteiger partial charge is 0.363 e. The number of benzene rings is 1. The Hall–Kier alpha value is -3.48. The predicted molar refractivity (Wildman–Crippen MR) is 111 cm³/mol. The minimum Gasteiger partial charge on any atom is -0.363 e. The van der Waals surface area contributed by atoms with Gasteiger partial charge in [-0.2, -0.15) is 10.1 Å². The average molecular weight is 388 g/mol. The van der Waals surface area contributed by atoms with Gasteiger partial charge in [-0.15, -0.1) is 0 Å². The van der Waals surface area contributed by atoms with Crippen molar-refractivity contribution in [2.75, 3.05) is 5.32 Å². The molecule has 0 fully saturated rings. The molecule has 0 saturated carbocycles. The van der Waals surface area contributed by atoms with E-state index < -0.39 is 0 Å². The van der Waals surface area contributed by atoms with Gasteiger partial charge in [0.2, 0.25) is 0 Å². The maximum atomic E-state index is 5.41. The molecule has 7 heteroatoms. The third-order valence-electron chi connectivity index (χ3n) is 4.78. The highest BCUT2D eigenvalue weighted by Crippen LogP contribution is 2.21. The smallest absolute Gasteiger partial charge is 0.259 e. The molecular weight excluding hydrogens is 364 g/mol. The van der Waals surface area contributed by atoms with Crippen molar-refractivity contribution in [3.63, 3.8) is 0 Å². The van der Waals surface area contributed by atoms with Gasteiger partial charge in [-0.3, -0.25) is 4.68 Å². The third-order valence-corrected chi connectivity index (χ3v) is 4.78. The molecule has 0 saturated heterocycles. The first-order chi connectivity index (χ1) is 14.2. The van der Waals surface area contributed by atoms with Gasteiger partial charge in [0, 0.05) is 31.4 Å². The van der Waals surface area contributed by atoms with Gasteiger partial charge in [-0.25, -0.2) is 4.98 Å². The van der Waals surface area contributed by atoms with Gasteiger partial charge in [-0.05, 0) is 37.5 Å². The second kappa shape index (κ2) is 8.68. The lowest BCUT2D eigenvalue weighted by Crippen LogP contribution is -2.07. The number of rotatable bonds is 8. The lowest BCUT2D eigenvalue weighted by molar-refractivity contribution is 0.421. The molecule has 4 rings (SSSR count). The molecule has 0 aliphatic carbocycles. The van der Waals surface area contributed by atoms with Crippen LogP contribution in [0.1, 0.15) is 36.3 Å². The molecule has 0 bridgehead atoms. The molecule has 29 heavy (non-hydrogen) atoms. The molecule has 7 nitrogen and oxygen atoms in total. The van der Waals surface area contributed by atoms with Crippen molar-refractivity contribution in [1.29, 1.82) is 0 Å². The fourth-order valence-corrected chi connectivity index (χ4v) is 3.14. The van der Waals surface area contributed by atoms with Gasteiger partial charge < -0.3 is 9.84 Å². The molecule has 0 spiro atoms. The van der Waals surface area contributed by atoms with Gasteiger partial charge in [0.15, 0.2) is 5.82 Å². The first kappa shape index (κ1) is 18.9. The Morgan fingerprint density at radius 2 is 1.93 bits per heavy atom. The van der Waals surface area contributed by atoms with Gasteiger partial charge in [-0.1, -0.05) is 35.5 Å². The minimum atomic E-state index is 0.113. The van der Waals surface area contributed by atoms with Gasteiger partial charge >= 0.3 is 0 Å². The second-order valence-electron chi connectivity index (χ2n) is 7.10. The standard InChI is InChI=1S/C22H24N6O/c1-16(19-14-24-28(2)15-19)25-20-12-11-18(13-23-20)22-26-21(27-29-22)10-6-9-17-7-4-3-5-8-17/h3-5,7-8,11-16H,6,9-10H2,1-2H3,(H,23,25)/t16-/m0/s1. The Bertz CT molecular complexity index is 1040. The summed E-state index contributed by atoms with van der Waals surface area (Å²) in [6.45, 7) is 2.08. The first-order valence-corrected chi connectivity index (χ1v) is 9.75. The molecule has 0 amide bonds. The van der Waals surface area contributed by atoms with Gasteiger partial charge in [0.05, 0.1) is 17.8 Å². The molecule has 0 aliphatic rings. The number of nitrogens with one attached hydrogen (secondary N) is 1. The molecule has 3 heterocycles. The Morgan fingerprint density at radius 1 is 1.07 bits per heavy atom. The number of hydrogen-bond acceptors (Lipinski definition) is 6. The van der Waals surface area contributed by atoms with Crippen LogP contribution in [-0.4, -0.2) is 24.9 Å². The van der Waals surface area contributed by atoms with E-state index in [0.29, 0.717) is 5.89 Å². The predicted octanol–water partition coefficient (Wildman–Crippen LogP) is 4.21. The summed E-state index contributed by atoms with van der Waals surface area (Å²) in [7, 11) is 1.91. The highest BCUT2D eigenvalue weighted by atomic mass is 16.5. The van der Waals surface area contributed by atoms with E-state index in [1.165, 1.54) is 5.56 Å². The highest BCUT2D eigenvalue weighted by molar-refractivity contribution is 5.54. The summed E-state index contributed by atoms with van der Waals surface area (Å²) in [6, 6.07) is 14.4. The summed E-state index contributed by atoms with van der Waals surface area (Å²) >= 11 is 0. The number of pyridine rings is 1. The van der Waals surface area contributed by atoms with Gasteiger partial charge in [0.1, 0.15) is 5.82 Å². The molecule has 4 aromatic rings. The molecule has 1 aromatic carbocycles. The zero-order chi connectivity index (χ0) is 20.1. The van der Waals surface area contributed by atoms with Gasteiger partial charge in [0.25, 0.3) is 5.89 Å². The molecule has 1 atom stereocenters. The minimum absolute atomic E-state index is 0.113. The Balaban J connectivity index is 1.33. The van der Waals surface area contributed by atoms with Crippen LogP contribution in [0.15, 0.2) is 65.6 Å². The normalized spacial score (nSPS) is 12.1. The van der Waals surface area contributed by atoms with E-state index in [-0.39, 0.29) is 6.04 Å². The number of aryl methyl sites for hydroxylation is 3. The lowest BCUT2D eigenvalue weighted by atomic mass is 10.1. The monoisotopic (exact) mass is 388 g/mol. The number of nitrogens with zero attached hydrogens (tertiary/aromatic N) is 5. The van der Waals surface area contributed by atoms with E-state index in [4.69, 9.17) is 4.52 Å². The van der Waals surface area contributed by atoms with Crippen molar-refractivity contribution >= 4 is 5.82 Å². The van der Waals surface area contributed by atoms with Crippen LogP contribution in [0.3, 0.4) is 0 Å². The van der Waals surface area contributed by atoms with E-state index in [9.17, 15) is 0 Å². The van der Waals surface area contributed by atoms with Crippen LogP contribution in [0.4, 0.5) is 5.82 Å². The summed E-state index contributed by atoms with van der Waals surface area (Å²) in [6.07, 6.45) is 8.36. The summed E-state index contributed by atoms with van der Waals surface area (Å²) in [5.74, 6) is 2.01. The van der Waals surface area contributed by atoms with E-state index in [1.807, 2.05) is 37.6 Å². The number of anilines is 1. The molecule has 0 unspecified atom stereocenters. The summed E-state index contributed by atoms with van der Waals surface area (Å²) in [5.41, 5.74) is 3.24. The fourth-order valence-electron chi connectivity index (χ4n) is 3.14. The van der Waals surface area contributed by atoms with Crippen molar-refractivity contribution < 1.29 is 4.52 Å². The number of hydrogen-bond donors (Lipinski definition) is 1. The van der Waals surface area contributed by atoms with E-state index in [0.717, 1.165) is 42.0 Å². The van der Waals surface area contributed by atoms with Crippen LogP contribution < -0.4 is 5.32 Å². The van der Waals surface area contributed by atoms with E-state index >= 15 is 0 Å². The van der Waals surface area contributed by atoms with Crippen LogP contribution >= 0.6 is 0 Å². The van der Waals surface area contributed by atoms with E-state index in [2.05, 4.69) is 56.7 Å². The molecule has 0 aliphatic heterocycles. The lowest BCUT2D eigenvalue weighted by Gasteiger charge is -2.12. The Labute approximate surface area is 169 Å². The average Bonchev–Trinajstić information content (AvgIpc) is 3.39. The summed E-state index contributed by atoms with van der Waals surface area (Å²) in [4.78, 5) is 8.98. The summed E-state index contributed by atoms with van der Waals surface area (Å²) < 4.78 is 7.20. The van der Waals surface area contributed by atoms with Crippen molar-refractivity contribution in [1.82, 2.24) is 24.9 Å². The third kappa shape index (κ3) is 4.87. The zero-order valence-corrected chi connectivity index (χ0v) is 16.6. The van der Waals surface area contributed by atoms with Crippen LogP contribution in [0, 0.1) is 0 Å². The molecule has 148 valence electrons. The van der Waals surface area contributed by atoms with Crippen LogP contribution in [0.25, 0.3) is 11.5 Å². The Kier molecular flexibility index (Phi) is 5.65. The SMILES string of the molecule is C[C@H](Nc1ccc(-c2nc(CCCc3ccccc3)no2)cn1)c1cnn(C)c1. The topological polar surface area (TPSA) is 81.7 Å². The fraction of sp³-hybridized carbons (Fsp3) is 0.273. The maximum absolute atomic E-state index is 5.41. The summed E-state index contributed by atoms with van der Waals surface area (Å²) in [5, 5.41) is 11.7. The molecule has 3 aromatic heterocycles. The second-order valence-corrected chi connectivity index (χ2v) is 7.10. The maximum Gasteiger partial charge on any atom is 0.259 e. The van der Waals surface area contributed by atoms with Crippen molar-refractivity contribution in [3.8, 4) is 11.5 Å². The van der Waals surface area contributed by atoms with Crippen LogP contribution in [0.2, 0.25) is 0 Å².